The molecule has 11 nitrogen and oxygen atoms in total. The van der Waals surface area contributed by atoms with E-state index < -0.39 is 12.4 Å². The molecule has 4 unspecified atom stereocenters. The second-order valence-corrected chi connectivity index (χ2v) is 13.0. The molecule has 270 valence electrons. The summed E-state index contributed by atoms with van der Waals surface area (Å²) in [4.78, 5) is 26.7. The van der Waals surface area contributed by atoms with Gasteiger partial charge in [-0.1, -0.05) is 72.8 Å². The summed E-state index contributed by atoms with van der Waals surface area (Å²) < 4.78 is 12.9. The summed E-state index contributed by atoms with van der Waals surface area (Å²) in [6.07, 6.45) is 0.511. The van der Waals surface area contributed by atoms with Gasteiger partial charge in [0.2, 0.25) is 11.8 Å². The number of amides is 2. The summed E-state index contributed by atoms with van der Waals surface area (Å²) in [6.45, 7) is 1.22. The number of nitrogen functional groups attached to an aromatic ring is 1. The third-order valence-electron chi connectivity index (χ3n) is 8.90. The standard InChI is InChI=1S/C40H48N4O7/c1-44(25-36(47)31-7-6-8-32(46)21-31)24-33-22-37(29-17-15-28(26-45)16-18-29)51-40(50-33)30-19-13-27(14-20-30)23-42-38(48)11-4-5-12-39(49)43-35-10-3-2-9-34(35)41/h2-3,6-10,13-21,33,36-37,40,45-47H,4-5,11-12,22-26,41H2,1H3,(H,42,48)(H,43,49). The lowest BCUT2D eigenvalue weighted by molar-refractivity contribution is -0.252. The van der Waals surface area contributed by atoms with E-state index in [-0.39, 0.29) is 36.4 Å². The number of aromatic hydroxyl groups is 1. The number of carbonyl (C=O) groups excluding carboxylic acids is 2. The Morgan fingerprint density at radius 3 is 2.27 bits per heavy atom. The van der Waals surface area contributed by atoms with Crippen molar-refractivity contribution in [2.24, 2.45) is 0 Å². The summed E-state index contributed by atoms with van der Waals surface area (Å²) in [6, 6.07) is 29.2. The molecule has 0 aromatic heterocycles. The zero-order chi connectivity index (χ0) is 36.2. The number of phenolic OH excluding ortho intramolecular Hbond substituents is 1. The Bertz CT molecular complexity index is 1720. The fraction of sp³-hybridized carbons (Fsp3) is 0.350. The molecule has 0 spiro atoms. The Hall–Kier alpha value is -4.78. The van der Waals surface area contributed by atoms with Crippen LogP contribution < -0.4 is 16.4 Å². The number of rotatable bonds is 16. The number of aliphatic hydroxyl groups excluding tert-OH is 2. The number of nitrogens with zero attached hydrogens (tertiary/aromatic N) is 1. The fourth-order valence-electron chi connectivity index (χ4n) is 6.06. The lowest BCUT2D eigenvalue weighted by Gasteiger charge is -2.38. The quantitative estimate of drug-likeness (QED) is 0.0656. The predicted molar refractivity (Wildman–Crippen MR) is 195 cm³/mol. The zero-order valence-corrected chi connectivity index (χ0v) is 28.9. The van der Waals surface area contributed by atoms with Crippen molar-refractivity contribution in [1.82, 2.24) is 10.2 Å². The Morgan fingerprint density at radius 2 is 1.57 bits per heavy atom. The van der Waals surface area contributed by atoms with Crippen molar-refractivity contribution in [1.29, 1.82) is 0 Å². The number of likely N-dealkylation sites (N-methyl/N-ethyl adjacent to an activating group) is 1. The number of aliphatic hydroxyl groups is 2. The van der Waals surface area contributed by atoms with Crippen molar-refractivity contribution in [3.8, 4) is 5.75 Å². The number of carbonyl (C=O) groups is 2. The lowest BCUT2D eigenvalue weighted by Crippen LogP contribution is -2.39. The first kappa shape index (κ1) is 37.5. The molecule has 7 N–H and O–H groups in total. The molecule has 0 bridgehead atoms. The van der Waals surface area contributed by atoms with Gasteiger partial charge in [0.25, 0.3) is 0 Å². The highest BCUT2D eigenvalue weighted by molar-refractivity contribution is 5.93. The highest BCUT2D eigenvalue weighted by Gasteiger charge is 2.33. The first-order valence-corrected chi connectivity index (χ1v) is 17.3. The molecule has 4 atom stereocenters. The van der Waals surface area contributed by atoms with Crippen LogP contribution in [0, 0.1) is 0 Å². The summed E-state index contributed by atoms with van der Waals surface area (Å²) in [5, 5.41) is 35.9. The van der Waals surface area contributed by atoms with Gasteiger partial charge in [0, 0.05) is 44.5 Å². The lowest BCUT2D eigenvalue weighted by atomic mass is 9.99. The average Bonchev–Trinajstić information content (AvgIpc) is 3.13. The molecule has 4 aromatic carbocycles. The molecule has 1 fully saturated rings. The second kappa shape index (κ2) is 18.5. The number of anilines is 2. The first-order valence-electron chi connectivity index (χ1n) is 17.3. The average molecular weight is 697 g/mol. The number of benzene rings is 4. The number of ether oxygens (including phenoxy) is 2. The maximum Gasteiger partial charge on any atom is 0.224 e. The third-order valence-corrected chi connectivity index (χ3v) is 8.90. The molecule has 5 rings (SSSR count). The van der Waals surface area contributed by atoms with Crippen LogP contribution in [0.5, 0.6) is 5.75 Å². The van der Waals surface area contributed by atoms with Crippen LogP contribution in [0.4, 0.5) is 11.4 Å². The predicted octanol–water partition coefficient (Wildman–Crippen LogP) is 5.49. The minimum atomic E-state index is -0.778. The van der Waals surface area contributed by atoms with Gasteiger partial charge in [-0.25, -0.2) is 0 Å². The van der Waals surface area contributed by atoms with Crippen molar-refractivity contribution in [3.05, 3.63) is 125 Å². The van der Waals surface area contributed by atoms with Crippen molar-refractivity contribution in [3.63, 3.8) is 0 Å². The fourth-order valence-corrected chi connectivity index (χ4v) is 6.06. The molecule has 1 heterocycles. The molecule has 51 heavy (non-hydrogen) atoms. The molecule has 1 aliphatic rings. The second-order valence-electron chi connectivity index (χ2n) is 13.0. The van der Waals surface area contributed by atoms with Crippen LogP contribution in [0.25, 0.3) is 0 Å². The van der Waals surface area contributed by atoms with Crippen LogP contribution in [-0.4, -0.2) is 58.3 Å². The minimum Gasteiger partial charge on any atom is -0.508 e. The number of hydrogen-bond acceptors (Lipinski definition) is 9. The summed E-state index contributed by atoms with van der Waals surface area (Å²) >= 11 is 0. The van der Waals surface area contributed by atoms with Gasteiger partial charge >= 0.3 is 0 Å². The highest BCUT2D eigenvalue weighted by atomic mass is 16.7. The van der Waals surface area contributed by atoms with Gasteiger partial charge in [-0.3, -0.25) is 9.59 Å². The van der Waals surface area contributed by atoms with E-state index in [2.05, 4.69) is 10.6 Å². The normalized spacial score (nSPS) is 17.9. The topological polar surface area (TPSA) is 167 Å². The van der Waals surface area contributed by atoms with Crippen LogP contribution in [-0.2, 0) is 32.2 Å². The van der Waals surface area contributed by atoms with E-state index in [1.54, 1.807) is 42.5 Å². The van der Waals surface area contributed by atoms with Gasteiger partial charge in [-0.15, -0.1) is 0 Å². The largest absolute Gasteiger partial charge is 0.508 e. The smallest absolute Gasteiger partial charge is 0.224 e. The van der Waals surface area contributed by atoms with E-state index in [0.717, 1.165) is 22.3 Å². The molecule has 2 amide bonds. The summed E-state index contributed by atoms with van der Waals surface area (Å²) in [5.74, 6) is -0.105. The van der Waals surface area contributed by atoms with Gasteiger partial charge in [-0.2, -0.15) is 0 Å². The van der Waals surface area contributed by atoms with Gasteiger partial charge < -0.3 is 46.1 Å². The SMILES string of the molecule is CN(CC1CC(c2ccc(CO)cc2)OC(c2ccc(CNC(=O)CCCCC(=O)Nc3ccccc3N)cc2)O1)CC(O)c1cccc(O)c1. The van der Waals surface area contributed by atoms with E-state index in [1.165, 1.54) is 0 Å². The number of hydrogen-bond donors (Lipinski definition) is 6. The Morgan fingerprint density at radius 1 is 0.882 bits per heavy atom. The number of phenols is 1. The highest BCUT2D eigenvalue weighted by Crippen LogP contribution is 2.38. The van der Waals surface area contributed by atoms with Gasteiger partial charge in [0.15, 0.2) is 6.29 Å². The van der Waals surface area contributed by atoms with E-state index in [4.69, 9.17) is 15.2 Å². The molecule has 4 aromatic rings. The van der Waals surface area contributed by atoms with Gasteiger partial charge in [0.1, 0.15) is 5.75 Å². The van der Waals surface area contributed by atoms with Crippen molar-refractivity contribution in [2.75, 3.05) is 31.2 Å². The molecular formula is C40H48N4O7. The molecular weight excluding hydrogens is 648 g/mol. The van der Waals surface area contributed by atoms with E-state index in [0.29, 0.717) is 68.7 Å². The van der Waals surface area contributed by atoms with E-state index >= 15 is 0 Å². The van der Waals surface area contributed by atoms with Crippen LogP contribution in [0.15, 0.2) is 97.1 Å². The van der Waals surface area contributed by atoms with Gasteiger partial charge in [0.05, 0.1) is 36.3 Å². The molecule has 11 heteroatoms. The van der Waals surface area contributed by atoms with Crippen LogP contribution in [0.3, 0.4) is 0 Å². The monoisotopic (exact) mass is 696 g/mol. The number of nitrogens with two attached hydrogens (primary N) is 1. The summed E-state index contributed by atoms with van der Waals surface area (Å²) in [5.41, 5.74) is 11.2. The molecule has 1 aliphatic heterocycles. The zero-order valence-electron chi connectivity index (χ0n) is 28.9. The van der Waals surface area contributed by atoms with E-state index in [9.17, 15) is 24.9 Å². The molecule has 0 saturated carbocycles. The van der Waals surface area contributed by atoms with Crippen molar-refractivity contribution >= 4 is 23.2 Å². The maximum absolute atomic E-state index is 12.5. The first-order chi connectivity index (χ1) is 24.7. The van der Waals surface area contributed by atoms with Crippen LogP contribution in [0.2, 0.25) is 0 Å². The Balaban J connectivity index is 1.13. The number of para-hydroxylation sites is 2. The Labute approximate surface area is 299 Å². The van der Waals surface area contributed by atoms with Crippen LogP contribution >= 0.6 is 0 Å². The van der Waals surface area contributed by atoms with E-state index in [1.807, 2.05) is 66.5 Å². The van der Waals surface area contributed by atoms with Gasteiger partial charge in [-0.05, 0) is 66.4 Å². The van der Waals surface area contributed by atoms with Crippen molar-refractivity contribution in [2.45, 2.75) is 69.9 Å². The number of nitrogens with one attached hydrogen (secondary N) is 2. The summed E-state index contributed by atoms with van der Waals surface area (Å²) in [7, 11) is 1.92. The maximum atomic E-state index is 12.5. The van der Waals surface area contributed by atoms with Crippen LogP contribution in [0.1, 0.15) is 78.4 Å². The van der Waals surface area contributed by atoms with Crippen molar-refractivity contribution < 1.29 is 34.4 Å². The number of unbranched alkanes of at least 4 members (excludes halogenated alkanes) is 1. The molecule has 1 saturated heterocycles. The third kappa shape index (κ3) is 11.4. The molecule has 0 radical (unpaired) electrons. The minimum absolute atomic E-state index is 0.0382. The Kier molecular flexibility index (Phi) is 13.6. The molecule has 0 aliphatic carbocycles.